The molecule has 0 aliphatic heterocycles. The standard InChI is InChI=1S/C38H57N3O5S/c1-23(9-13-31(43)35(4,5)45)25-15-17-36(6)29-12-10-26-27(11-14-30(42)34(26,2)3)38(29,8)32(19-37(25,36)7)46-33(44)21-41-20-28(39-40-41)24-16-18-47-22-24/h10,16,18,20,22-23,25,27,29-32,42-43,45H,9,11-15,17,19,21H2,1-8H3/t23-,25-,27-,29+,30+,31-,32-,36+,37-,38+/m1/s1. The van der Waals surface area contributed by atoms with Gasteiger partial charge >= 0.3 is 5.97 Å². The van der Waals surface area contributed by atoms with Gasteiger partial charge in [-0.25, -0.2) is 4.68 Å². The van der Waals surface area contributed by atoms with Gasteiger partial charge in [0.05, 0.1) is 24.0 Å². The highest BCUT2D eigenvalue weighted by Crippen LogP contribution is 2.75. The molecule has 4 aliphatic carbocycles. The molecule has 2 aromatic heterocycles. The van der Waals surface area contributed by atoms with Gasteiger partial charge in [0.15, 0.2) is 0 Å². The fraction of sp³-hybridized carbons (Fsp3) is 0.763. The molecule has 0 bridgehead atoms. The van der Waals surface area contributed by atoms with Crippen LogP contribution in [0.2, 0.25) is 0 Å². The largest absolute Gasteiger partial charge is 0.460 e. The van der Waals surface area contributed by atoms with Crippen LogP contribution in [-0.2, 0) is 16.1 Å². The smallest absolute Gasteiger partial charge is 0.328 e. The monoisotopic (exact) mass is 667 g/mol. The number of hydrogen-bond donors (Lipinski definition) is 3. The predicted octanol–water partition coefficient (Wildman–Crippen LogP) is 7.04. The van der Waals surface area contributed by atoms with E-state index >= 15 is 0 Å². The first kappa shape index (κ1) is 34.8. The van der Waals surface area contributed by atoms with Gasteiger partial charge in [-0.15, -0.1) is 5.10 Å². The molecule has 0 radical (unpaired) electrons. The number of aromatic nitrogens is 3. The highest BCUT2D eigenvalue weighted by atomic mass is 32.1. The Bertz CT molecular complexity index is 1480. The van der Waals surface area contributed by atoms with E-state index in [-0.39, 0.29) is 52.3 Å². The summed E-state index contributed by atoms with van der Waals surface area (Å²) in [4.78, 5) is 13.9. The first-order chi connectivity index (χ1) is 21.9. The molecule has 8 nitrogen and oxygen atoms in total. The molecule has 0 amide bonds. The third kappa shape index (κ3) is 5.65. The van der Waals surface area contributed by atoms with E-state index in [9.17, 15) is 20.1 Å². The maximum absolute atomic E-state index is 13.9. The highest BCUT2D eigenvalue weighted by Gasteiger charge is 2.71. The predicted molar refractivity (Wildman–Crippen MR) is 184 cm³/mol. The van der Waals surface area contributed by atoms with Gasteiger partial charge < -0.3 is 20.1 Å². The molecule has 10 atom stereocenters. The van der Waals surface area contributed by atoms with Gasteiger partial charge in [0.2, 0.25) is 0 Å². The second kappa shape index (κ2) is 12.1. The Hall–Kier alpha value is -2.07. The topological polar surface area (TPSA) is 118 Å². The van der Waals surface area contributed by atoms with Crippen LogP contribution < -0.4 is 0 Å². The number of rotatable bonds is 9. The van der Waals surface area contributed by atoms with Gasteiger partial charge in [0.25, 0.3) is 0 Å². The van der Waals surface area contributed by atoms with E-state index in [0.29, 0.717) is 24.2 Å². The average molecular weight is 668 g/mol. The van der Waals surface area contributed by atoms with Crippen molar-refractivity contribution in [2.45, 2.75) is 137 Å². The molecule has 0 saturated heterocycles. The molecule has 3 N–H and O–H groups in total. The van der Waals surface area contributed by atoms with E-state index in [1.54, 1.807) is 29.9 Å². The lowest BCUT2D eigenvalue weighted by Crippen LogP contribution is -2.65. The summed E-state index contributed by atoms with van der Waals surface area (Å²) in [5.41, 5.74) is 1.33. The lowest BCUT2D eigenvalue weighted by molar-refractivity contribution is -0.220. The number of nitrogens with zero attached hydrogens (tertiary/aromatic N) is 3. The fourth-order valence-corrected chi connectivity index (χ4v) is 11.7. The Labute approximate surface area is 285 Å². The number of hydrogen-bond acceptors (Lipinski definition) is 8. The van der Waals surface area contributed by atoms with Gasteiger partial charge in [-0.3, -0.25) is 4.79 Å². The lowest BCUT2D eigenvalue weighted by atomic mass is 9.38. The molecule has 3 saturated carbocycles. The molecular weight excluding hydrogens is 611 g/mol. The molecule has 4 aliphatic rings. The third-order valence-corrected chi connectivity index (χ3v) is 14.9. The van der Waals surface area contributed by atoms with Gasteiger partial charge in [-0.1, -0.05) is 58.4 Å². The Balaban J connectivity index is 1.32. The number of allylic oxidation sites excluding steroid dienone is 1. The molecule has 2 heterocycles. The zero-order valence-electron chi connectivity index (χ0n) is 29.7. The summed E-state index contributed by atoms with van der Waals surface area (Å²) in [6.07, 6.45) is 9.82. The van der Waals surface area contributed by atoms with Crippen LogP contribution in [0.4, 0.5) is 0 Å². The number of fused-ring (bicyclic) bond motifs is 5. The zero-order valence-corrected chi connectivity index (χ0v) is 30.5. The van der Waals surface area contributed by atoms with Crippen molar-refractivity contribution in [1.82, 2.24) is 15.0 Å². The molecule has 260 valence electrons. The van der Waals surface area contributed by atoms with Gasteiger partial charge in [-0.2, -0.15) is 11.3 Å². The number of ether oxygens (including phenoxy) is 1. The first-order valence-corrected chi connectivity index (χ1v) is 18.8. The van der Waals surface area contributed by atoms with Crippen LogP contribution in [-0.4, -0.2) is 60.2 Å². The molecule has 47 heavy (non-hydrogen) atoms. The molecule has 0 aromatic carbocycles. The van der Waals surface area contributed by atoms with Crippen molar-refractivity contribution < 1.29 is 24.9 Å². The molecule has 3 fully saturated rings. The van der Waals surface area contributed by atoms with Gasteiger partial charge in [-0.05, 0) is 111 Å². The van der Waals surface area contributed by atoms with Crippen molar-refractivity contribution in [3.05, 3.63) is 34.7 Å². The minimum atomic E-state index is -1.12. The number of esters is 1. The number of aliphatic hydroxyl groups excluding tert-OH is 2. The molecule has 6 rings (SSSR count). The van der Waals surface area contributed by atoms with Crippen LogP contribution in [0.15, 0.2) is 34.7 Å². The molecule has 0 spiro atoms. The third-order valence-electron chi connectivity index (χ3n) is 14.2. The minimum absolute atomic E-state index is 0.00853. The highest BCUT2D eigenvalue weighted by molar-refractivity contribution is 7.08. The van der Waals surface area contributed by atoms with Crippen LogP contribution in [0.1, 0.15) is 107 Å². The van der Waals surface area contributed by atoms with Crippen molar-refractivity contribution in [2.75, 3.05) is 0 Å². The Kier molecular flexibility index (Phi) is 8.93. The van der Waals surface area contributed by atoms with E-state index in [0.717, 1.165) is 56.2 Å². The Morgan fingerprint density at radius 3 is 2.57 bits per heavy atom. The normalized spacial score (nSPS) is 37.7. The van der Waals surface area contributed by atoms with Crippen LogP contribution in [0.3, 0.4) is 0 Å². The SMILES string of the molecule is C[C@H](CC[C@@H](O)C(C)(C)O)[C@H]1CC[C@@]2(C)[C@@H]3CC=C4[C@@H](CC[C@H](O)C4(C)C)[C@]3(C)[C@H](OC(=O)Cn3cc(-c4ccsc4)nn3)C[C@]12C. The van der Waals surface area contributed by atoms with Crippen molar-refractivity contribution in [3.63, 3.8) is 0 Å². The molecule has 0 unspecified atom stereocenters. The van der Waals surface area contributed by atoms with Gasteiger partial charge in [0.1, 0.15) is 18.3 Å². The summed E-state index contributed by atoms with van der Waals surface area (Å²) < 4.78 is 8.30. The summed E-state index contributed by atoms with van der Waals surface area (Å²) in [6.45, 7) is 17.4. The maximum Gasteiger partial charge on any atom is 0.328 e. The van der Waals surface area contributed by atoms with E-state index in [1.807, 2.05) is 23.0 Å². The average Bonchev–Trinajstić information content (AvgIpc) is 3.74. The summed E-state index contributed by atoms with van der Waals surface area (Å²) >= 11 is 1.60. The number of carbonyl (C=O) groups excluding carboxylic acids is 1. The second-order valence-corrected chi connectivity index (χ2v) is 18.2. The Morgan fingerprint density at radius 2 is 1.89 bits per heavy atom. The summed E-state index contributed by atoms with van der Waals surface area (Å²) in [5.74, 6) is 1.02. The number of aliphatic hydroxyl groups is 3. The second-order valence-electron chi connectivity index (χ2n) is 17.4. The van der Waals surface area contributed by atoms with E-state index in [2.05, 4.69) is 57.9 Å². The minimum Gasteiger partial charge on any atom is -0.460 e. The first-order valence-electron chi connectivity index (χ1n) is 17.8. The fourth-order valence-electron chi connectivity index (χ4n) is 11.0. The van der Waals surface area contributed by atoms with Crippen LogP contribution in [0.5, 0.6) is 0 Å². The summed E-state index contributed by atoms with van der Waals surface area (Å²) in [6, 6.07) is 2.00. The van der Waals surface area contributed by atoms with Gasteiger partial charge in [0, 0.05) is 21.8 Å². The van der Waals surface area contributed by atoms with Crippen LogP contribution in [0.25, 0.3) is 11.3 Å². The van der Waals surface area contributed by atoms with Crippen LogP contribution >= 0.6 is 11.3 Å². The molecule has 9 heteroatoms. The summed E-state index contributed by atoms with van der Waals surface area (Å²) in [7, 11) is 0. The lowest BCUT2D eigenvalue weighted by Gasteiger charge is -2.67. The number of thiophene rings is 1. The van der Waals surface area contributed by atoms with Crippen LogP contribution in [0, 0.1) is 45.3 Å². The zero-order chi connectivity index (χ0) is 34.2. The van der Waals surface area contributed by atoms with E-state index in [4.69, 9.17) is 4.74 Å². The van der Waals surface area contributed by atoms with Crippen molar-refractivity contribution in [1.29, 1.82) is 0 Å². The van der Waals surface area contributed by atoms with Crippen molar-refractivity contribution in [2.24, 2.45) is 45.3 Å². The Morgan fingerprint density at radius 1 is 1.15 bits per heavy atom. The number of carbonyl (C=O) groups is 1. The van der Waals surface area contributed by atoms with E-state index in [1.165, 1.54) is 5.57 Å². The molecular formula is C38H57N3O5S. The summed E-state index contributed by atoms with van der Waals surface area (Å²) in [5, 5.41) is 44.7. The van der Waals surface area contributed by atoms with E-state index < -0.39 is 11.7 Å². The maximum atomic E-state index is 13.9. The quantitative estimate of drug-likeness (QED) is 0.194. The van der Waals surface area contributed by atoms with Crippen molar-refractivity contribution >= 4 is 17.3 Å². The van der Waals surface area contributed by atoms with Crippen molar-refractivity contribution in [3.8, 4) is 11.3 Å². The molecule has 2 aromatic rings.